The van der Waals surface area contributed by atoms with E-state index in [9.17, 15) is 0 Å². The van der Waals surface area contributed by atoms with Crippen LogP contribution in [-0.2, 0) is 0 Å². The van der Waals surface area contributed by atoms with Crippen LogP contribution in [0.1, 0.15) is 51.4 Å². The van der Waals surface area contributed by atoms with Crippen molar-refractivity contribution in [3.05, 3.63) is 0 Å². The highest BCUT2D eigenvalue weighted by Gasteiger charge is 2.18. The molecule has 0 aliphatic carbocycles. The SMILES string of the molecule is CN(CCCCCCCCCBr)C1CCSC1. The first kappa shape index (κ1) is 15.8. The summed E-state index contributed by atoms with van der Waals surface area (Å²) in [5, 5.41) is 1.18. The molecule has 1 aliphatic heterocycles. The normalized spacial score (nSPS) is 20.3. The molecule has 0 N–H and O–H groups in total. The van der Waals surface area contributed by atoms with Crippen molar-refractivity contribution in [2.24, 2.45) is 0 Å². The maximum Gasteiger partial charge on any atom is 0.0191 e. The van der Waals surface area contributed by atoms with Gasteiger partial charge < -0.3 is 4.90 Å². The first-order valence-corrected chi connectivity index (χ1v) is 9.46. The van der Waals surface area contributed by atoms with Crippen LogP contribution in [0.4, 0.5) is 0 Å². The molecule has 0 aromatic rings. The van der Waals surface area contributed by atoms with E-state index in [0.717, 1.165) is 6.04 Å². The number of alkyl halides is 1. The Morgan fingerprint density at radius 3 is 2.29 bits per heavy atom. The van der Waals surface area contributed by atoms with Crippen molar-refractivity contribution in [2.45, 2.75) is 57.4 Å². The summed E-state index contributed by atoms with van der Waals surface area (Å²) in [7, 11) is 2.31. The number of hydrogen-bond acceptors (Lipinski definition) is 2. The van der Waals surface area contributed by atoms with E-state index in [0.29, 0.717) is 0 Å². The van der Waals surface area contributed by atoms with Crippen LogP contribution in [-0.4, -0.2) is 41.4 Å². The Bertz CT molecular complexity index is 172. The van der Waals surface area contributed by atoms with Gasteiger partial charge >= 0.3 is 0 Å². The van der Waals surface area contributed by atoms with Gasteiger partial charge in [0, 0.05) is 17.1 Å². The summed E-state index contributed by atoms with van der Waals surface area (Å²) >= 11 is 5.60. The number of hydrogen-bond donors (Lipinski definition) is 0. The van der Waals surface area contributed by atoms with Gasteiger partial charge in [0.2, 0.25) is 0 Å². The van der Waals surface area contributed by atoms with E-state index in [2.05, 4.69) is 39.6 Å². The molecule has 1 fully saturated rings. The number of thioether (sulfide) groups is 1. The van der Waals surface area contributed by atoms with Crippen LogP contribution in [0.3, 0.4) is 0 Å². The van der Waals surface area contributed by atoms with E-state index in [1.807, 2.05) is 0 Å². The maximum atomic E-state index is 3.48. The molecule has 0 bridgehead atoms. The van der Waals surface area contributed by atoms with Gasteiger partial charge in [-0.15, -0.1) is 0 Å². The fourth-order valence-corrected chi connectivity index (χ4v) is 4.09. The van der Waals surface area contributed by atoms with Gasteiger partial charge in [0.25, 0.3) is 0 Å². The summed E-state index contributed by atoms with van der Waals surface area (Å²) in [5.74, 6) is 2.74. The van der Waals surface area contributed by atoms with Crippen LogP contribution in [0, 0.1) is 0 Å². The highest BCUT2D eigenvalue weighted by atomic mass is 79.9. The summed E-state index contributed by atoms with van der Waals surface area (Å²) in [4.78, 5) is 2.59. The second kappa shape index (κ2) is 10.7. The Labute approximate surface area is 120 Å². The van der Waals surface area contributed by atoms with Crippen molar-refractivity contribution in [1.29, 1.82) is 0 Å². The molecule has 0 radical (unpaired) electrons. The predicted octanol–water partition coefficient (Wildman–Crippen LogP) is 4.55. The lowest BCUT2D eigenvalue weighted by Gasteiger charge is -2.23. The Morgan fingerprint density at radius 2 is 1.71 bits per heavy atom. The van der Waals surface area contributed by atoms with Crippen molar-refractivity contribution in [1.82, 2.24) is 4.90 Å². The second-order valence-corrected chi connectivity index (χ2v) is 7.10. The van der Waals surface area contributed by atoms with Gasteiger partial charge in [-0.1, -0.05) is 48.0 Å². The average Bonchev–Trinajstić information content (AvgIpc) is 2.86. The van der Waals surface area contributed by atoms with Gasteiger partial charge in [-0.3, -0.25) is 0 Å². The van der Waals surface area contributed by atoms with E-state index in [1.54, 1.807) is 0 Å². The molecular weight excluding hydrogens is 294 g/mol. The topological polar surface area (TPSA) is 3.24 Å². The molecule has 0 spiro atoms. The van der Waals surface area contributed by atoms with Gasteiger partial charge in [-0.25, -0.2) is 0 Å². The zero-order chi connectivity index (χ0) is 12.3. The lowest BCUT2D eigenvalue weighted by Crippen LogP contribution is -2.32. The number of unbranched alkanes of at least 4 members (excludes halogenated alkanes) is 6. The zero-order valence-electron chi connectivity index (χ0n) is 11.3. The molecule has 1 saturated heterocycles. The number of nitrogens with zero attached hydrogens (tertiary/aromatic N) is 1. The molecule has 17 heavy (non-hydrogen) atoms. The summed E-state index contributed by atoms with van der Waals surface area (Å²) < 4.78 is 0. The molecule has 0 amide bonds. The second-order valence-electron chi connectivity index (χ2n) is 5.16. The lowest BCUT2D eigenvalue weighted by atomic mass is 10.1. The Balaban J connectivity index is 1.83. The van der Waals surface area contributed by atoms with Gasteiger partial charge in [0.1, 0.15) is 0 Å². The molecule has 1 heterocycles. The molecular formula is C14H28BrNS. The van der Waals surface area contributed by atoms with Crippen LogP contribution in [0.15, 0.2) is 0 Å². The predicted molar refractivity (Wildman–Crippen MR) is 84.5 cm³/mol. The van der Waals surface area contributed by atoms with Crippen molar-refractivity contribution in [2.75, 3.05) is 30.4 Å². The molecule has 0 saturated carbocycles. The molecule has 0 aromatic heterocycles. The van der Waals surface area contributed by atoms with Crippen molar-refractivity contribution < 1.29 is 0 Å². The molecule has 102 valence electrons. The van der Waals surface area contributed by atoms with E-state index >= 15 is 0 Å². The fraction of sp³-hybridized carbons (Fsp3) is 1.00. The first-order chi connectivity index (χ1) is 8.34. The minimum Gasteiger partial charge on any atom is -0.303 e. The monoisotopic (exact) mass is 321 g/mol. The van der Waals surface area contributed by atoms with Crippen LogP contribution >= 0.6 is 27.7 Å². The van der Waals surface area contributed by atoms with E-state index in [4.69, 9.17) is 0 Å². The number of rotatable bonds is 10. The quantitative estimate of drug-likeness (QED) is 0.429. The van der Waals surface area contributed by atoms with Crippen molar-refractivity contribution in [3.8, 4) is 0 Å². The summed E-state index contributed by atoms with van der Waals surface area (Å²) in [6, 6.07) is 0.874. The Kier molecular flexibility index (Phi) is 9.96. The molecule has 1 nitrogen and oxygen atoms in total. The van der Waals surface area contributed by atoms with Crippen LogP contribution in [0.25, 0.3) is 0 Å². The first-order valence-electron chi connectivity index (χ1n) is 7.18. The summed E-state index contributed by atoms with van der Waals surface area (Å²) in [6.45, 7) is 1.31. The molecule has 1 rings (SSSR count). The highest BCUT2D eigenvalue weighted by Crippen LogP contribution is 2.21. The summed E-state index contributed by atoms with van der Waals surface area (Å²) in [5.41, 5.74) is 0. The maximum absolute atomic E-state index is 3.48. The number of halogens is 1. The van der Waals surface area contributed by atoms with Crippen LogP contribution in [0.2, 0.25) is 0 Å². The molecule has 3 heteroatoms. The van der Waals surface area contributed by atoms with Gasteiger partial charge in [-0.05, 0) is 38.6 Å². The molecule has 1 atom stereocenters. The smallest absolute Gasteiger partial charge is 0.0191 e. The molecule has 1 aliphatic rings. The fourth-order valence-electron chi connectivity index (χ4n) is 2.39. The van der Waals surface area contributed by atoms with Crippen LogP contribution in [0.5, 0.6) is 0 Å². The van der Waals surface area contributed by atoms with Gasteiger partial charge in [0.05, 0.1) is 0 Å². The van der Waals surface area contributed by atoms with Gasteiger partial charge in [-0.2, -0.15) is 11.8 Å². The molecule has 0 aromatic carbocycles. The average molecular weight is 322 g/mol. The van der Waals surface area contributed by atoms with Crippen molar-refractivity contribution in [3.63, 3.8) is 0 Å². The Morgan fingerprint density at radius 1 is 1.06 bits per heavy atom. The molecule has 1 unspecified atom stereocenters. The van der Waals surface area contributed by atoms with Crippen LogP contribution < -0.4 is 0 Å². The zero-order valence-corrected chi connectivity index (χ0v) is 13.7. The largest absolute Gasteiger partial charge is 0.303 e. The third kappa shape index (κ3) is 7.74. The van der Waals surface area contributed by atoms with E-state index in [-0.39, 0.29) is 0 Å². The highest BCUT2D eigenvalue weighted by molar-refractivity contribution is 9.09. The summed E-state index contributed by atoms with van der Waals surface area (Å²) in [6.07, 6.45) is 11.3. The third-order valence-electron chi connectivity index (χ3n) is 3.67. The minimum absolute atomic E-state index is 0.874. The van der Waals surface area contributed by atoms with Gasteiger partial charge in [0.15, 0.2) is 0 Å². The van der Waals surface area contributed by atoms with Crippen molar-refractivity contribution >= 4 is 27.7 Å². The van der Waals surface area contributed by atoms with E-state index in [1.165, 1.54) is 74.7 Å². The third-order valence-corrected chi connectivity index (χ3v) is 5.38. The van der Waals surface area contributed by atoms with E-state index < -0.39 is 0 Å². The standard InChI is InChI=1S/C14H28BrNS/c1-16(14-9-12-17-13-14)11-8-6-4-2-3-5-7-10-15/h14H,2-13H2,1H3. The Hall–Kier alpha value is 0.790. The lowest BCUT2D eigenvalue weighted by molar-refractivity contribution is 0.256. The minimum atomic E-state index is 0.874.